The van der Waals surface area contributed by atoms with E-state index in [0.29, 0.717) is 6.04 Å². The molecular formula is C26H36BNO. The van der Waals surface area contributed by atoms with Gasteiger partial charge in [-0.15, -0.1) is 0 Å². The Hall–Kier alpha value is -1.58. The second-order valence-corrected chi connectivity index (χ2v) is 9.18. The maximum atomic E-state index is 7.01. The lowest BCUT2D eigenvalue weighted by molar-refractivity contribution is 0.0403. The molecule has 2 fully saturated rings. The van der Waals surface area contributed by atoms with E-state index in [4.69, 9.17) is 4.65 Å². The van der Waals surface area contributed by atoms with Gasteiger partial charge in [-0.25, -0.2) is 0 Å². The molecule has 2 aliphatic rings. The van der Waals surface area contributed by atoms with Crippen LogP contribution in [-0.2, 0) is 17.5 Å². The smallest absolute Gasteiger partial charge is 0.380 e. The van der Waals surface area contributed by atoms with Gasteiger partial charge in [0.25, 0.3) is 0 Å². The molecule has 0 amide bonds. The van der Waals surface area contributed by atoms with Crippen molar-refractivity contribution < 1.29 is 4.65 Å². The maximum Gasteiger partial charge on any atom is 0.380 e. The van der Waals surface area contributed by atoms with Gasteiger partial charge in [0.2, 0.25) is 0 Å². The summed E-state index contributed by atoms with van der Waals surface area (Å²) < 4.78 is 7.01. The number of unbranched alkanes of at least 4 members (excludes halogenated alkanes) is 1. The van der Waals surface area contributed by atoms with Crippen LogP contribution in [0.15, 0.2) is 60.7 Å². The second-order valence-electron chi connectivity index (χ2n) is 9.18. The highest BCUT2D eigenvalue weighted by Gasteiger charge is 2.52. The summed E-state index contributed by atoms with van der Waals surface area (Å²) in [7, 11) is 0.189. The summed E-state index contributed by atoms with van der Waals surface area (Å²) >= 11 is 0. The third-order valence-corrected chi connectivity index (χ3v) is 6.94. The lowest BCUT2D eigenvalue weighted by atomic mass is 9.72. The fourth-order valence-electron chi connectivity index (χ4n) is 5.56. The molecule has 1 aliphatic carbocycles. The van der Waals surface area contributed by atoms with Gasteiger partial charge in [-0.1, -0.05) is 99.7 Å². The molecule has 3 heteroatoms. The van der Waals surface area contributed by atoms with Crippen LogP contribution < -0.4 is 5.23 Å². The van der Waals surface area contributed by atoms with Crippen molar-refractivity contribution in [2.24, 2.45) is 5.92 Å². The summed E-state index contributed by atoms with van der Waals surface area (Å²) in [6, 6.07) is 22.4. The van der Waals surface area contributed by atoms with E-state index in [1.807, 2.05) is 0 Å². The summed E-state index contributed by atoms with van der Waals surface area (Å²) in [4.78, 5) is 0. The predicted molar refractivity (Wildman–Crippen MR) is 123 cm³/mol. The molecule has 0 radical (unpaired) electrons. The monoisotopic (exact) mass is 389 g/mol. The van der Waals surface area contributed by atoms with E-state index in [1.165, 1.54) is 56.1 Å². The standard InChI is InChI=1S/C26H36BNO/c1-2-3-19-27-28-25(24-17-11-6-12-18-24)26(29-27,20-22-13-7-4-8-14-22)21-23-15-9-5-10-16-23/h4-5,7-10,13-16,24-25,28H,2-3,6,11-12,17-21H2,1H3/t25-/m1/s1. The summed E-state index contributed by atoms with van der Waals surface area (Å²) in [5, 5.41) is 4.00. The lowest BCUT2D eigenvalue weighted by Crippen LogP contribution is -2.52. The van der Waals surface area contributed by atoms with Crippen molar-refractivity contribution in [1.82, 2.24) is 5.23 Å². The molecule has 1 atom stereocenters. The lowest BCUT2D eigenvalue weighted by Gasteiger charge is -2.41. The molecule has 1 heterocycles. The van der Waals surface area contributed by atoms with Crippen LogP contribution in [0, 0.1) is 5.92 Å². The first-order valence-electron chi connectivity index (χ1n) is 11.8. The SMILES string of the molecule is CCCCB1N[C@H](C2CCCCC2)C(Cc2ccccc2)(Cc2ccccc2)O1. The average Bonchev–Trinajstić information content (AvgIpc) is 3.12. The molecule has 0 unspecified atom stereocenters. The van der Waals surface area contributed by atoms with Crippen LogP contribution in [0.2, 0.25) is 6.32 Å². The minimum absolute atomic E-state index is 0.164. The van der Waals surface area contributed by atoms with E-state index < -0.39 is 0 Å². The van der Waals surface area contributed by atoms with Crippen LogP contribution in [-0.4, -0.2) is 18.7 Å². The molecule has 0 aromatic heterocycles. The topological polar surface area (TPSA) is 21.3 Å². The van der Waals surface area contributed by atoms with Gasteiger partial charge in [0.1, 0.15) is 0 Å². The zero-order chi connectivity index (χ0) is 19.9. The van der Waals surface area contributed by atoms with Crippen LogP contribution in [0.25, 0.3) is 0 Å². The Morgan fingerprint density at radius 3 is 2.03 bits per heavy atom. The van der Waals surface area contributed by atoms with Gasteiger partial charge >= 0.3 is 7.05 Å². The van der Waals surface area contributed by atoms with Crippen molar-refractivity contribution in [2.75, 3.05) is 0 Å². The van der Waals surface area contributed by atoms with Gasteiger partial charge < -0.3 is 9.88 Å². The van der Waals surface area contributed by atoms with Gasteiger partial charge in [0.05, 0.1) is 5.60 Å². The van der Waals surface area contributed by atoms with Crippen molar-refractivity contribution in [3.8, 4) is 0 Å². The zero-order valence-electron chi connectivity index (χ0n) is 18.0. The molecule has 29 heavy (non-hydrogen) atoms. The Labute approximate surface area is 177 Å². The second kappa shape index (κ2) is 9.95. The van der Waals surface area contributed by atoms with E-state index in [2.05, 4.69) is 72.8 Å². The molecule has 1 saturated carbocycles. The molecule has 2 nitrogen and oxygen atoms in total. The van der Waals surface area contributed by atoms with E-state index >= 15 is 0 Å². The molecule has 1 N–H and O–H groups in total. The van der Waals surface area contributed by atoms with Gasteiger partial charge in [-0.3, -0.25) is 0 Å². The highest BCUT2D eigenvalue weighted by molar-refractivity contribution is 6.50. The molecule has 0 spiro atoms. The Morgan fingerprint density at radius 1 is 0.897 bits per heavy atom. The first-order valence-corrected chi connectivity index (χ1v) is 11.8. The molecule has 1 saturated heterocycles. The van der Waals surface area contributed by atoms with E-state index in [9.17, 15) is 0 Å². The predicted octanol–water partition coefficient (Wildman–Crippen LogP) is 6.07. The number of benzene rings is 2. The Kier molecular flexibility index (Phi) is 7.10. The minimum Gasteiger partial charge on any atom is -0.414 e. The number of hydrogen-bond donors (Lipinski definition) is 1. The molecule has 2 aromatic carbocycles. The third-order valence-electron chi connectivity index (χ3n) is 6.94. The van der Waals surface area contributed by atoms with E-state index in [-0.39, 0.29) is 12.7 Å². The Bertz CT molecular complexity index is 687. The average molecular weight is 389 g/mol. The van der Waals surface area contributed by atoms with Crippen molar-refractivity contribution in [3.05, 3.63) is 71.8 Å². The van der Waals surface area contributed by atoms with Gasteiger partial charge in [0.15, 0.2) is 0 Å². The molecule has 4 rings (SSSR count). The zero-order valence-corrected chi connectivity index (χ0v) is 18.0. The summed E-state index contributed by atoms with van der Waals surface area (Å²) in [6.45, 7) is 2.27. The fraction of sp³-hybridized carbons (Fsp3) is 0.538. The van der Waals surface area contributed by atoms with Gasteiger partial charge in [-0.05, 0) is 36.2 Å². The quantitative estimate of drug-likeness (QED) is 0.554. The van der Waals surface area contributed by atoms with Crippen LogP contribution in [0.1, 0.15) is 63.0 Å². The number of nitrogens with one attached hydrogen (secondary N) is 1. The minimum atomic E-state index is -0.164. The van der Waals surface area contributed by atoms with Crippen molar-refractivity contribution >= 4 is 7.05 Å². The normalized spacial score (nSPS) is 22.1. The van der Waals surface area contributed by atoms with Crippen LogP contribution in [0.4, 0.5) is 0 Å². The Morgan fingerprint density at radius 2 is 1.48 bits per heavy atom. The first kappa shape index (κ1) is 20.7. The largest absolute Gasteiger partial charge is 0.414 e. The van der Waals surface area contributed by atoms with Crippen molar-refractivity contribution in [3.63, 3.8) is 0 Å². The Balaban J connectivity index is 1.67. The summed E-state index contributed by atoms with van der Waals surface area (Å²) in [5.74, 6) is 0.725. The number of rotatable bonds is 8. The molecular weight excluding hydrogens is 353 g/mol. The van der Waals surface area contributed by atoms with E-state index in [0.717, 1.165) is 25.1 Å². The summed E-state index contributed by atoms with van der Waals surface area (Å²) in [5.41, 5.74) is 2.62. The third kappa shape index (κ3) is 5.13. The first-order chi connectivity index (χ1) is 14.3. The number of hydrogen-bond acceptors (Lipinski definition) is 2. The van der Waals surface area contributed by atoms with Crippen LogP contribution in [0.5, 0.6) is 0 Å². The van der Waals surface area contributed by atoms with E-state index in [1.54, 1.807) is 0 Å². The fourth-order valence-corrected chi connectivity index (χ4v) is 5.56. The summed E-state index contributed by atoms with van der Waals surface area (Å²) in [6.07, 6.45) is 12.4. The maximum absolute atomic E-state index is 7.01. The molecule has 154 valence electrons. The van der Waals surface area contributed by atoms with Crippen molar-refractivity contribution in [2.45, 2.75) is 82.7 Å². The van der Waals surface area contributed by atoms with Gasteiger partial charge in [-0.2, -0.15) is 0 Å². The molecule has 2 aromatic rings. The van der Waals surface area contributed by atoms with Crippen molar-refractivity contribution in [1.29, 1.82) is 0 Å². The van der Waals surface area contributed by atoms with Crippen LogP contribution >= 0.6 is 0 Å². The van der Waals surface area contributed by atoms with Gasteiger partial charge in [0, 0.05) is 18.9 Å². The molecule has 1 aliphatic heterocycles. The highest BCUT2D eigenvalue weighted by Crippen LogP contribution is 2.41. The molecule has 0 bridgehead atoms. The van der Waals surface area contributed by atoms with Crippen LogP contribution in [0.3, 0.4) is 0 Å². The highest BCUT2D eigenvalue weighted by atomic mass is 16.5.